The number of aromatic amines is 1. The summed E-state index contributed by atoms with van der Waals surface area (Å²) in [5.74, 6) is 0.906. The molecular weight excluding hydrogens is 541 g/mol. The number of halogens is 2. The fraction of sp³-hybridized carbons (Fsp3) is 0.148. The molecular formula is C27H21Cl2N7O3. The zero-order valence-corrected chi connectivity index (χ0v) is 22.1. The predicted molar refractivity (Wildman–Crippen MR) is 147 cm³/mol. The fourth-order valence-electron chi connectivity index (χ4n) is 4.97. The summed E-state index contributed by atoms with van der Waals surface area (Å²) >= 11 is 12.5. The highest BCUT2D eigenvalue weighted by Gasteiger charge is 2.29. The summed E-state index contributed by atoms with van der Waals surface area (Å²) in [6, 6.07) is 16.0. The molecule has 2 aromatic carbocycles. The van der Waals surface area contributed by atoms with Crippen molar-refractivity contribution in [1.29, 1.82) is 0 Å². The first-order valence-corrected chi connectivity index (χ1v) is 12.8. The van der Waals surface area contributed by atoms with Crippen molar-refractivity contribution in [3.63, 3.8) is 0 Å². The fourth-order valence-corrected chi connectivity index (χ4v) is 5.34. The number of rotatable bonds is 5. The van der Waals surface area contributed by atoms with Gasteiger partial charge in [0.05, 0.1) is 17.9 Å². The van der Waals surface area contributed by atoms with Crippen molar-refractivity contribution in [3.05, 3.63) is 98.5 Å². The zero-order valence-electron chi connectivity index (χ0n) is 20.6. The molecule has 196 valence electrons. The Morgan fingerprint density at radius 3 is 2.62 bits per heavy atom. The lowest BCUT2D eigenvalue weighted by Crippen LogP contribution is -2.24. The lowest BCUT2D eigenvalue weighted by molar-refractivity contribution is 0.211. The number of benzene rings is 2. The van der Waals surface area contributed by atoms with Crippen LogP contribution in [0.25, 0.3) is 28.1 Å². The normalized spacial score (nSPS) is 14.4. The summed E-state index contributed by atoms with van der Waals surface area (Å²) in [6.07, 6.45) is 2.12. The van der Waals surface area contributed by atoms with Crippen LogP contribution in [0.1, 0.15) is 29.5 Å². The van der Waals surface area contributed by atoms with Gasteiger partial charge in [-0.05, 0) is 67.8 Å². The molecule has 0 radical (unpaired) electrons. The number of hydrogen-bond acceptors (Lipinski definition) is 6. The Bertz CT molecular complexity index is 1790. The van der Waals surface area contributed by atoms with Crippen molar-refractivity contribution in [1.82, 2.24) is 29.5 Å². The number of nitrogens with one attached hydrogen (secondary N) is 1. The lowest BCUT2D eigenvalue weighted by Gasteiger charge is -2.15. The van der Waals surface area contributed by atoms with Crippen LogP contribution in [-0.2, 0) is 6.42 Å². The first kappa shape index (κ1) is 24.9. The summed E-state index contributed by atoms with van der Waals surface area (Å²) in [5, 5.41) is 8.61. The Morgan fingerprint density at radius 2 is 1.90 bits per heavy atom. The number of H-pyrrole nitrogens is 1. The van der Waals surface area contributed by atoms with E-state index in [9.17, 15) is 9.59 Å². The Labute approximate surface area is 232 Å². The molecule has 1 aliphatic heterocycles. The van der Waals surface area contributed by atoms with Gasteiger partial charge in [-0.1, -0.05) is 40.0 Å². The smallest absolute Gasteiger partial charge is 0.409 e. The van der Waals surface area contributed by atoms with Crippen LogP contribution < -0.4 is 16.0 Å². The zero-order chi connectivity index (χ0) is 27.3. The molecule has 0 unspecified atom stereocenters. The minimum Gasteiger partial charge on any atom is -0.411 e. The van der Waals surface area contributed by atoms with Gasteiger partial charge in [-0.3, -0.25) is 4.79 Å². The van der Waals surface area contributed by atoms with Crippen molar-refractivity contribution in [2.45, 2.75) is 25.8 Å². The van der Waals surface area contributed by atoms with Gasteiger partial charge in [0.2, 0.25) is 0 Å². The highest BCUT2D eigenvalue weighted by Crippen LogP contribution is 2.36. The molecule has 1 aliphatic rings. The maximum atomic E-state index is 13.5. The third kappa shape index (κ3) is 4.68. The SMILES string of the molecule is Cc1ccc(-n2cc(Cl)nn2)c(-c2cc3n(c(=O)c2)[C@H](c2nc(-c4ccc(OC(N)=O)cc4)c(Cl)[nH]2)CC3)c1. The quantitative estimate of drug-likeness (QED) is 0.306. The molecule has 0 bridgehead atoms. The number of hydrogen-bond donors (Lipinski definition) is 2. The number of primary amides is 1. The number of imidazole rings is 1. The molecule has 6 rings (SSSR count). The lowest BCUT2D eigenvalue weighted by atomic mass is 10.0. The van der Waals surface area contributed by atoms with Crippen LogP contribution in [0.5, 0.6) is 5.75 Å². The van der Waals surface area contributed by atoms with Crippen molar-refractivity contribution in [3.8, 4) is 33.8 Å². The Hall–Kier alpha value is -4.41. The number of aromatic nitrogens is 6. The monoisotopic (exact) mass is 561 g/mol. The van der Waals surface area contributed by atoms with E-state index in [4.69, 9.17) is 38.7 Å². The van der Waals surface area contributed by atoms with Crippen LogP contribution in [0.15, 0.2) is 65.6 Å². The van der Waals surface area contributed by atoms with Gasteiger partial charge >= 0.3 is 6.09 Å². The number of amides is 1. The second-order valence-electron chi connectivity index (χ2n) is 9.23. The van der Waals surface area contributed by atoms with Gasteiger partial charge in [0.25, 0.3) is 5.56 Å². The van der Waals surface area contributed by atoms with Gasteiger partial charge in [-0.25, -0.2) is 14.5 Å². The van der Waals surface area contributed by atoms with E-state index in [0.29, 0.717) is 35.3 Å². The first-order chi connectivity index (χ1) is 18.8. The third-order valence-corrected chi connectivity index (χ3v) is 7.10. The number of carbonyl (C=O) groups excluding carboxylic acids is 1. The molecule has 0 saturated heterocycles. The number of nitrogens with two attached hydrogens (primary N) is 1. The predicted octanol–water partition coefficient (Wildman–Crippen LogP) is 5.09. The average Bonchev–Trinajstić information content (AvgIpc) is 3.62. The standard InChI is InChI=1S/C27H21Cl2N7O3/c1-14-2-8-20(35-13-22(28)33-34-35)19(10-14)16-11-17-5-9-21(36(17)23(37)12-16)26-31-24(25(29)32-26)15-3-6-18(7-4-15)39-27(30)38/h2-4,6-8,10-13,21H,5,9H2,1H3,(H2,30,38)(H,31,32)/t21-/m0/s1. The summed E-state index contributed by atoms with van der Waals surface area (Å²) in [5.41, 5.74) is 10.5. The summed E-state index contributed by atoms with van der Waals surface area (Å²) < 4.78 is 8.24. The van der Waals surface area contributed by atoms with Gasteiger partial charge in [-0.15, -0.1) is 5.10 Å². The molecule has 0 saturated carbocycles. The minimum atomic E-state index is -0.891. The van der Waals surface area contributed by atoms with Gasteiger partial charge in [0.15, 0.2) is 5.15 Å². The van der Waals surface area contributed by atoms with Crippen LogP contribution in [0.3, 0.4) is 0 Å². The van der Waals surface area contributed by atoms with Gasteiger partial charge in [0, 0.05) is 22.9 Å². The molecule has 1 amide bonds. The van der Waals surface area contributed by atoms with Gasteiger partial charge < -0.3 is 20.0 Å². The molecule has 0 spiro atoms. The van der Waals surface area contributed by atoms with Crippen molar-refractivity contribution >= 4 is 29.3 Å². The topological polar surface area (TPSA) is 134 Å². The minimum absolute atomic E-state index is 0.142. The number of nitrogens with zero attached hydrogens (tertiary/aromatic N) is 5. The summed E-state index contributed by atoms with van der Waals surface area (Å²) in [4.78, 5) is 32.3. The maximum Gasteiger partial charge on any atom is 0.409 e. The molecule has 3 aromatic heterocycles. The Morgan fingerprint density at radius 1 is 1.10 bits per heavy atom. The molecule has 3 N–H and O–H groups in total. The van der Waals surface area contributed by atoms with E-state index in [2.05, 4.69) is 15.3 Å². The van der Waals surface area contributed by atoms with Crippen LogP contribution in [0.4, 0.5) is 4.79 Å². The molecule has 12 heteroatoms. The van der Waals surface area contributed by atoms with Crippen molar-refractivity contribution in [2.24, 2.45) is 5.73 Å². The van der Waals surface area contributed by atoms with E-state index >= 15 is 0 Å². The first-order valence-electron chi connectivity index (χ1n) is 12.0. The van der Waals surface area contributed by atoms with Crippen LogP contribution in [0.2, 0.25) is 10.3 Å². The number of pyridine rings is 1. The summed E-state index contributed by atoms with van der Waals surface area (Å²) in [7, 11) is 0. The number of ether oxygens (including phenoxy) is 1. The number of aryl methyl sites for hydroxylation is 2. The van der Waals surface area contributed by atoms with Gasteiger partial charge in [-0.2, -0.15) is 0 Å². The van der Waals surface area contributed by atoms with Crippen molar-refractivity contribution in [2.75, 3.05) is 0 Å². The molecule has 1 atom stereocenters. The maximum absolute atomic E-state index is 13.5. The van der Waals surface area contributed by atoms with Gasteiger partial charge in [0.1, 0.15) is 22.4 Å². The van der Waals surface area contributed by atoms with Crippen LogP contribution in [0, 0.1) is 6.92 Å². The van der Waals surface area contributed by atoms with E-state index in [1.807, 2.05) is 31.2 Å². The van der Waals surface area contributed by atoms with E-state index < -0.39 is 6.09 Å². The second kappa shape index (κ2) is 9.72. The van der Waals surface area contributed by atoms with E-state index in [0.717, 1.165) is 33.6 Å². The summed E-state index contributed by atoms with van der Waals surface area (Å²) in [6.45, 7) is 1.99. The molecule has 0 fully saturated rings. The largest absolute Gasteiger partial charge is 0.411 e. The average molecular weight is 562 g/mol. The highest BCUT2D eigenvalue weighted by molar-refractivity contribution is 6.32. The second-order valence-corrected chi connectivity index (χ2v) is 10.00. The van der Waals surface area contributed by atoms with E-state index in [-0.39, 0.29) is 16.8 Å². The van der Waals surface area contributed by atoms with Crippen molar-refractivity contribution < 1.29 is 9.53 Å². The third-order valence-electron chi connectivity index (χ3n) is 6.65. The number of carbonyl (C=O) groups is 1. The molecule has 0 aliphatic carbocycles. The number of fused-ring (bicyclic) bond motifs is 1. The Balaban J connectivity index is 1.35. The Kier molecular flexibility index (Phi) is 6.20. The molecule has 5 aromatic rings. The molecule has 4 heterocycles. The van der Waals surface area contributed by atoms with Crippen LogP contribution >= 0.6 is 23.2 Å². The molecule has 39 heavy (non-hydrogen) atoms. The molecule has 10 nitrogen and oxygen atoms in total. The van der Waals surface area contributed by atoms with Crippen LogP contribution in [-0.4, -0.2) is 35.6 Å². The van der Waals surface area contributed by atoms with E-state index in [1.165, 1.54) is 0 Å². The van der Waals surface area contributed by atoms with E-state index in [1.54, 1.807) is 45.8 Å². The highest BCUT2D eigenvalue weighted by atomic mass is 35.5.